The second-order valence-corrected chi connectivity index (χ2v) is 7.12. The molecule has 0 saturated heterocycles. The van der Waals surface area contributed by atoms with E-state index in [1.54, 1.807) is 18.2 Å². The van der Waals surface area contributed by atoms with Gasteiger partial charge in [0.2, 0.25) is 5.91 Å². The molecule has 0 aromatic heterocycles. The SMILES string of the molecule is CC(=O)Nc1cc(N(CCC#N)CCOC(C)=O)ccc1N=Nc1ccc([N+](=O)[O-])cc1Cl. The smallest absolute Gasteiger partial charge is 0.302 e. The second-order valence-electron chi connectivity index (χ2n) is 6.71. The van der Waals surface area contributed by atoms with E-state index in [0.29, 0.717) is 30.2 Å². The van der Waals surface area contributed by atoms with Crippen LogP contribution >= 0.6 is 11.6 Å². The van der Waals surface area contributed by atoms with Gasteiger partial charge in [0.1, 0.15) is 18.0 Å². The van der Waals surface area contributed by atoms with Gasteiger partial charge in [-0.3, -0.25) is 19.7 Å². The number of anilines is 2. The number of nitro groups is 1. The number of esters is 1. The monoisotopic (exact) mass is 472 g/mol. The molecule has 2 aromatic carbocycles. The van der Waals surface area contributed by atoms with Crippen LogP contribution < -0.4 is 10.2 Å². The van der Waals surface area contributed by atoms with Crippen LogP contribution in [0, 0.1) is 21.4 Å². The van der Waals surface area contributed by atoms with Crippen molar-refractivity contribution in [2.75, 3.05) is 29.9 Å². The Kier molecular flexibility index (Phi) is 9.26. The standard InChI is InChI=1S/C21H21ClN6O5/c1-14(29)24-21-13-16(27(9-3-8-23)10-11-33-15(2)30)4-7-20(21)26-25-19-6-5-17(28(31)32)12-18(19)22/h4-7,12-13H,3,9-11H2,1-2H3,(H,24,29). The van der Waals surface area contributed by atoms with Crippen LogP contribution in [0.15, 0.2) is 46.6 Å². The molecule has 33 heavy (non-hydrogen) atoms. The molecule has 0 atom stereocenters. The number of nitro benzene ring substituents is 1. The molecule has 0 bridgehead atoms. The van der Waals surface area contributed by atoms with E-state index in [9.17, 15) is 19.7 Å². The van der Waals surface area contributed by atoms with Gasteiger partial charge in [0.05, 0.1) is 34.7 Å². The Labute approximate surface area is 194 Å². The van der Waals surface area contributed by atoms with Crippen molar-refractivity contribution in [2.45, 2.75) is 20.3 Å². The normalized spacial score (nSPS) is 10.5. The van der Waals surface area contributed by atoms with Crippen molar-refractivity contribution in [1.82, 2.24) is 0 Å². The highest BCUT2D eigenvalue weighted by molar-refractivity contribution is 6.33. The van der Waals surface area contributed by atoms with Gasteiger partial charge in [0.25, 0.3) is 5.69 Å². The molecule has 0 aliphatic rings. The molecule has 1 N–H and O–H groups in total. The first-order valence-corrected chi connectivity index (χ1v) is 10.1. The van der Waals surface area contributed by atoms with Gasteiger partial charge in [0.15, 0.2) is 0 Å². The molecule has 0 fully saturated rings. The summed E-state index contributed by atoms with van der Waals surface area (Å²) in [6.45, 7) is 3.52. The van der Waals surface area contributed by atoms with Crippen LogP contribution in [-0.4, -0.2) is 36.5 Å². The van der Waals surface area contributed by atoms with Crippen LogP contribution in [0.4, 0.5) is 28.4 Å². The molecule has 12 heteroatoms. The lowest BCUT2D eigenvalue weighted by Crippen LogP contribution is -2.29. The Morgan fingerprint density at radius 2 is 1.88 bits per heavy atom. The molecule has 2 aromatic rings. The summed E-state index contributed by atoms with van der Waals surface area (Å²) in [5.41, 5.74) is 1.40. The number of non-ortho nitro benzene ring substituents is 1. The van der Waals surface area contributed by atoms with Crippen LogP contribution in [0.1, 0.15) is 20.3 Å². The van der Waals surface area contributed by atoms with Gasteiger partial charge in [-0.15, -0.1) is 10.2 Å². The lowest BCUT2D eigenvalue weighted by Gasteiger charge is -2.24. The Morgan fingerprint density at radius 1 is 1.18 bits per heavy atom. The van der Waals surface area contributed by atoms with Gasteiger partial charge in [0, 0.05) is 38.2 Å². The summed E-state index contributed by atoms with van der Waals surface area (Å²) >= 11 is 6.05. The first-order chi connectivity index (χ1) is 15.7. The molecule has 1 amide bonds. The first-order valence-electron chi connectivity index (χ1n) is 9.74. The van der Waals surface area contributed by atoms with Gasteiger partial charge >= 0.3 is 5.97 Å². The zero-order chi connectivity index (χ0) is 24.4. The van der Waals surface area contributed by atoms with Gasteiger partial charge in [-0.05, 0) is 24.3 Å². The predicted molar refractivity (Wildman–Crippen MR) is 122 cm³/mol. The van der Waals surface area contributed by atoms with Gasteiger partial charge in [-0.1, -0.05) is 11.6 Å². The highest BCUT2D eigenvalue weighted by atomic mass is 35.5. The predicted octanol–water partition coefficient (Wildman–Crippen LogP) is 4.91. The number of ether oxygens (including phenoxy) is 1. The second kappa shape index (κ2) is 12.1. The van der Waals surface area contributed by atoms with Crippen molar-refractivity contribution >= 4 is 51.9 Å². The molecule has 2 rings (SSSR count). The summed E-state index contributed by atoms with van der Waals surface area (Å²) < 4.78 is 4.99. The Morgan fingerprint density at radius 3 is 2.48 bits per heavy atom. The minimum absolute atomic E-state index is 0.0544. The highest BCUT2D eigenvalue weighted by Crippen LogP contribution is 2.34. The molecule has 11 nitrogen and oxygen atoms in total. The van der Waals surface area contributed by atoms with Gasteiger partial charge in [-0.25, -0.2) is 0 Å². The number of halogens is 1. The van der Waals surface area contributed by atoms with Crippen LogP contribution in [0.5, 0.6) is 0 Å². The van der Waals surface area contributed by atoms with Crippen molar-refractivity contribution in [2.24, 2.45) is 10.2 Å². The summed E-state index contributed by atoms with van der Waals surface area (Å²) in [5.74, 6) is -0.740. The summed E-state index contributed by atoms with van der Waals surface area (Å²) in [6, 6.07) is 10.9. The third-order valence-electron chi connectivity index (χ3n) is 4.22. The van der Waals surface area contributed by atoms with Crippen molar-refractivity contribution in [1.29, 1.82) is 5.26 Å². The summed E-state index contributed by atoms with van der Waals surface area (Å²) in [4.78, 5) is 34.9. The summed E-state index contributed by atoms with van der Waals surface area (Å²) in [6.07, 6.45) is 0.246. The maximum absolute atomic E-state index is 11.7. The minimum Gasteiger partial charge on any atom is -0.464 e. The van der Waals surface area contributed by atoms with Crippen molar-refractivity contribution in [3.63, 3.8) is 0 Å². The Balaban J connectivity index is 2.34. The minimum atomic E-state index is -0.570. The average molecular weight is 473 g/mol. The quantitative estimate of drug-likeness (QED) is 0.223. The summed E-state index contributed by atoms with van der Waals surface area (Å²) in [5, 5.41) is 30.7. The van der Waals surface area contributed by atoms with E-state index in [-0.39, 0.29) is 35.3 Å². The number of benzene rings is 2. The molecule has 0 unspecified atom stereocenters. The highest BCUT2D eigenvalue weighted by Gasteiger charge is 2.13. The van der Waals surface area contributed by atoms with E-state index in [1.165, 1.54) is 32.0 Å². The number of hydrogen-bond acceptors (Lipinski definition) is 9. The van der Waals surface area contributed by atoms with E-state index in [0.717, 1.165) is 0 Å². The maximum Gasteiger partial charge on any atom is 0.302 e. The fraction of sp³-hybridized carbons (Fsp3) is 0.286. The molecule has 0 aliphatic heterocycles. The van der Waals surface area contributed by atoms with Crippen LogP contribution in [0.3, 0.4) is 0 Å². The first kappa shape index (κ1) is 25.2. The van der Waals surface area contributed by atoms with E-state index < -0.39 is 10.9 Å². The zero-order valence-electron chi connectivity index (χ0n) is 17.9. The lowest BCUT2D eigenvalue weighted by molar-refractivity contribution is -0.384. The molecule has 0 saturated carbocycles. The van der Waals surface area contributed by atoms with Crippen molar-refractivity contribution in [3.05, 3.63) is 51.5 Å². The molecule has 0 radical (unpaired) electrons. The third-order valence-corrected chi connectivity index (χ3v) is 4.53. The zero-order valence-corrected chi connectivity index (χ0v) is 18.7. The van der Waals surface area contributed by atoms with E-state index in [2.05, 4.69) is 21.6 Å². The largest absolute Gasteiger partial charge is 0.464 e. The number of hydrogen-bond donors (Lipinski definition) is 1. The number of amides is 1. The van der Waals surface area contributed by atoms with E-state index in [4.69, 9.17) is 21.6 Å². The number of nitrogens with one attached hydrogen (secondary N) is 1. The molecule has 0 aliphatic carbocycles. The molecule has 0 spiro atoms. The summed E-state index contributed by atoms with van der Waals surface area (Å²) in [7, 11) is 0. The molecule has 0 heterocycles. The number of carbonyl (C=O) groups excluding carboxylic acids is 2. The fourth-order valence-corrected chi connectivity index (χ4v) is 2.96. The number of nitriles is 1. The van der Waals surface area contributed by atoms with E-state index in [1.807, 2.05) is 4.90 Å². The van der Waals surface area contributed by atoms with Crippen molar-refractivity contribution < 1.29 is 19.2 Å². The Hall–Kier alpha value is -4.04. The third kappa shape index (κ3) is 7.86. The molecule has 172 valence electrons. The Bertz CT molecular complexity index is 1110. The fourth-order valence-electron chi connectivity index (χ4n) is 2.75. The number of azo groups is 1. The average Bonchev–Trinajstić information content (AvgIpc) is 2.75. The van der Waals surface area contributed by atoms with Gasteiger partial charge < -0.3 is 15.0 Å². The van der Waals surface area contributed by atoms with Crippen LogP contribution in [-0.2, 0) is 14.3 Å². The molecular weight excluding hydrogens is 452 g/mol. The maximum atomic E-state index is 11.7. The lowest BCUT2D eigenvalue weighted by atomic mass is 10.2. The van der Waals surface area contributed by atoms with E-state index >= 15 is 0 Å². The van der Waals surface area contributed by atoms with Crippen LogP contribution in [0.2, 0.25) is 5.02 Å². The number of nitrogens with zero attached hydrogens (tertiary/aromatic N) is 5. The van der Waals surface area contributed by atoms with Crippen molar-refractivity contribution in [3.8, 4) is 6.07 Å². The topological polar surface area (TPSA) is 150 Å². The number of carbonyl (C=O) groups is 2. The molecular formula is C21H21ClN6O5. The van der Waals surface area contributed by atoms with Gasteiger partial charge in [-0.2, -0.15) is 5.26 Å². The van der Waals surface area contributed by atoms with Crippen LogP contribution in [0.25, 0.3) is 0 Å². The number of rotatable bonds is 10.